The Kier molecular flexibility index (Phi) is 4.91. The standard InChI is InChI=1S/C21H17N3O2S/c25-27(26)15-16-5-4-8-19(13-16)17-9-11-20(12-10-17)24-14-21(22-23-24)18-6-2-1-3-7-18/h1-14H,15H2,(H,25,26). The molecule has 4 aromatic rings. The van der Waals surface area contributed by atoms with Gasteiger partial charge in [-0.05, 0) is 28.8 Å². The van der Waals surface area contributed by atoms with Crippen molar-refractivity contribution in [1.82, 2.24) is 15.0 Å². The van der Waals surface area contributed by atoms with Crippen molar-refractivity contribution in [3.05, 3.63) is 90.6 Å². The van der Waals surface area contributed by atoms with Crippen molar-refractivity contribution in [2.75, 3.05) is 0 Å². The molecule has 5 nitrogen and oxygen atoms in total. The van der Waals surface area contributed by atoms with Gasteiger partial charge >= 0.3 is 0 Å². The van der Waals surface area contributed by atoms with E-state index in [0.29, 0.717) is 0 Å². The third-order valence-electron chi connectivity index (χ3n) is 4.25. The van der Waals surface area contributed by atoms with Gasteiger partial charge in [-0.15, -0.1) is 5.10 Å². The van der Waals surface area contributed by atoms with Gasteiger partial charge in [0.1, 0.15) is 5.69 Å². The molecular weight excluding hydrogens is 358 g/mol. The van der Waals surface area contributed by atoms with Gasteiger partial charge in [-0.3, -0.25) is 0 Å². The third kappa shape index (κ3) is 4.02. The molecule has 134 valence electrons. The summed E-state index contributed by atoms with van der Waals surface area (Å²) in [4.78, 5) is 0. The van der Waals surface area contributed by atoms with Gasteiger partial charge in [-0.1, -0.05) is 71.9 Å². The summed E-state index contributed by atoms with van der Waals surface area (Å²) in [7, 11) is 0. The van der Waals surface area contributed by atoms with Crippen LogP contribution in [0.4, 0.5) is 0 Å². The molecule has 0 aliphatic heterocycles. The molecule has 0 saturated heterocycles. The second-order valence-electron chi connectivity index (χ2n) is 6.13. The maximum absolute atomic E-state index is 11.0. The third-order valence-corrected chi connectivity index (χ3v) is 4.83. The molecule has 0 bridgehead atoms. The van der Waals surface area contributed by atoms with Crippen molar-refractivity contribution in [1.29, 1.82) is 0 Å². The Morgan fingerprint density at radius 3 is 2.33 bits per heavy atom. The number of hydrogen-bond donors (Lipinski definition) is 1. The highest BCUT2D eigenvalue weighted by Gasteiger charge is 2.06. The first-order valence-electron chi connectivity index (χ1n) is 8.44. The molecule has 0 aliphatic rings. The first kappa shape index (κ1) is 17.3. The fourth-order valence-electron chi connectivity index (χ4n) is 2.92. The van der Waals surface area contributed by atoms with E-state index in [0.717, 1.165) is 33.6 Å². The number of rotatable bonds is 5. The monoisotopic (exact) mass is 375 g/mol. The highest BCUT2D eigenvalue weighted by atomic mass is 32.2. The minimum absolute atomic E-state index is 0.132. The zero-order valence-electron chi connectivity index (χ0n) is 14.4. The van der Waals surface area contributed by atoms with Crippen molar-refractivity contribution < 1.29 is 8.76 Å². The van der Waals surface area contributed by atoms with Crippen molar-refractivity contribution in [3.63, 3.8) is 0 Å². The molecule has 3 aromatic carbocycles. The number of aromatic nitrogens is 3. The maximum atomic E-state index is 11.0. The summed E-state index contributed by atoms with van der Waals surface area (Å²) in [5, 5.41) is 8.46. The van der Waals surface area contributed by atoms with Crippen LogP contribution in [-0.2, 0) is 16.8 Å². The lowest BCUT2D eigenvalue weighted by Gasteiger charge is -2.06. The summed E-state index contributed by atoms with van der Waals surface area (Å²) in [5.41, 5.74) is 5.64. The molecule has 4 rings (SSSR count). The van der Waals surface area contributed by atoms with Crippen LogP contribution in [0, 0.1) is 0 Å². The molecule has 0 aliphatic carbocycles. The molecule has 0 amide bonds. The molecule has 1 unspecified atom stereocenters. The maximum Gasteiger partial charge on any atom is 0.157 e. The minimum atomic E-state index is -1.84. The van der Waals surface area contributed by atoms with Crippen LogP contribution in [0.1, 0.15) is 5.56 Å². The zero-order valence-corrected chi connectivity index (χ0v) is 15.2. The lowest BCUT2D eigenvalue weighted by Crippen LogP contribution is -1.95. The van der Waals surface area contributed by atoms with Crippen molar-refractivity contribution >= 4 is 11.1 Å². The van der Waals surface area contributed by atoms with Gasteiger partial charge in [0.15, 0.2) is 11.1 Å². The SMILES string of the molecule is O=S(O)Cc1cccc(-c2ccc(-n3cc(-c4ccccc4)nn3)cc2)c1. The number of hydrogen-bond acceptors (Lipinski definition) is 3. The van der Waals surface area contributed by atoms with Crippen LogP contribution in [0.3, 0.4) is 0 Å². The van der Waals surface area contributed by atoms with Crippen LogP contribution < -0.4 is 0 Å². The summed E-state index contributed by atoms with van der Waals surface area (Å²) < 4.78 is 21.8. The predicted octanol–water partition coefficient (Wildman–Crippen LogP) is 4.32. The Balaban J connectivity index is 1.58. The first-order valence-corrected chi connectivity index (χ1v) is 9.71. The largest absolute Gasteiger partial charge is 0.306 e. The highest BCUT2D eigenvalue weighted by Crippen LogP contribution is 2.23. The lowest BCUT2D eigenvalue weighted by atomic mass is 10.0. The Hall–Kier alpha value is -3.09. The van der Waals surface area contributed by atoms with Gasteiger partial charge in [0.25, 0.3) is 0 Å². The summed E-state index contributed by atoms with van der Waals surface area (Å²) in [6.07, 6.45) is 1.90. The van der Waals surface area contributed by atoms with E-state index in [1.807, 2.05) is 85.1 Å². The van der Waals surface area contributed by atoms with E-state index in [1.54, 1.807) is 4.68 Å². The second-order valence-corrected chi connectivity index (χ2v) is 7.06. The highest BCUT2D eigenvalue weighted by molar-refractivity contribution is 7.78. The van der Waals surface area contributed by atoms with Gasteiger partial charge in [-0.2, -0.15) is 0 Å². The van der Waals surface area contributed by atoms with Gasteiger partial charge in [0.05, 0.1) is 17.6 Å². The van der Waals surface area contributed by atoms with E-state index in [1.165, 1.54) is 0 Å². The molecular formula is C21H17N3O2S. The molecule has 1 heterocycles. The van der Waals surface area contributed by atoms with Crippen molar-refractivity contribution in [2.45, 2.75) is 5.75 Å². The number of benzene rings is 3. The van der Waals surface area contributed by atoms with Gasteiger partial charge in [0, 0.05) is 5.56 Å². The average Bonchev–Trinajstić information content (AvgIpc) is 3.19. The van der Waals surface area contributed by atoms with Gasteiger partial charge < -0.3 is 4.55 Å². The Bertz CT molecular complexity index is 1080. The van der Waals surface area contributed by atoms with Crippen LogP contribution in [-0.4, -0.2) is 23.8 Å². The van der Waals surface area contributed by atoms with Gasteiger partial charge in [-0.25, -0.2) is 8.89 Å². The van der Waals surface area contributed by atoms with Crippen LogP contribution in [0.25, 0.3) is 28.1 Å². The predicted molar refractivity (Wildman–Crippen MR) is 107 cm³/mol. The lowest BCUT2D eigenvalue weighted by molar-refractivity contribution is 0.563. The zero-order chi connectivity index (χ0) is 18.6. The topological polar surface area (TPSA) is 68.0 Å². The van der Waals surface area contributed by atoms with Crippen LogP contribution >= 0.6 is 0 Å². The van der Waals surface area contributed by atoms with E-state index in [-0.39, 0.29) is 5.75 Å². The molecule has 1 aromatic heterocycles. The average molecular weight is 375 g/mol. The normalized spacial score (nSPS) is 12.0. The van der Waals surface area contributed by atoms with E-state index in [9.17, 15) is 4.21 Å². The molecule has 0 radical (unpaired) electrons. The fourth-order valence-corrected chi connectivity index (χ4v) is 3.39. The molecule has 1 N–H and O–H groups in total. The quantitative estimate of drug-likeness (QED) is 0.528. The minimum Gasteiger partial charge on any atom is -0.306 e. The number of nitrogens with zero attached hydrogens (tertiary/aromatic N) is 3. The van der Waals surface area contributed by atoms with Crippen LogP contribution in [0.15, 0.2) is 85.1 Å². The van der Waals surface area contributed by atoms with Gasteiger partial charge in [0.2, 0.25) is 0 Å². The van der Waals surface area contributed by atoms with E-state index < -0.39 is 11.1 Å². The summed E-state index contributed by atoms with van der Waals surface area (Å²) in [5.74, 6) is 0.132. The summed E-state index contributed by atoms with van der Waals surface area (Å²) in [6.45, 7) is 0. The first-order chi connectivity index (χ1) is 13.2. The molecule has 1 atom stereocenters. The van der Waals surface area contributed by atoms with E-state index in [2.05, 4.69) is 10.3 Å². The van der Waals surface area contributed by atoms with Crippen LogP contribution in [0.5, 0.6) is 0 Å². The Morgan fingerprint density at radius 2 is 1.59 bits per heavy atom. The molecule has 6 heteroatoms. The Labute approximate surface area is 159 Å². The van der Waals surface area contributed by atoms with Crippen molar-refractivity contribution in [3.8, 4) is 28.1 Å². The molecule has 0 saturated carbocycles. The molecule has 0 fully saturated rings. The molecule has 0 spiro atoms. The fraction of sp³-hybridized carbons (Fsp3) is 0.0476. The smallest absolute Gasteiger partial charge is 0.157 e. The molecule has 27 heavy (non-hydrogen) atoms. The summed E-state index contributed by atoms with van der Waals surface area (Å²) >= 11 is -1.84. The Morgan fingerprint density at radius 1 is 0.852 bits per heavy atom. The van der Waals surface area contributed by atoms with Crippen LogP contribution in [0.2, 0.25) is 0 Å². The van der Waals surface area contributed by atoms with E-state index >= 15 is 0 Å². The summed E-state index contributed by atoms with van der Waals surface area (Å²) in [6, 6.07) is 25.6. The van der Waals surface area contributed by atoms with E-state index in [4.69, 9.17) is 4.55 Å². The van der Waals surface area contributed by atoms with Crippen molar-refractivity contribution in [2.24, 2.45) is 0 Å². The second kappa shape index (κ2) is 7.65.